The Morgan fingerprint density at radius 1 is 0.750 bits per heavy atom. The minimum absolute atomic E-state index is 0.0538. The molecule has 0 spiro atoms. The fraction of sp³-hybridized carbons (Fsp3) is 0. The summed E-state index contributed by atoms with van der Waals surface area (Å²) in [5, 5.41) is 14.7. The van der Waals surface area contributed by atoms with Gasteiger partial charge in [-0.3, -0.25) is 9.59 Å². The lowest BCUT2D eigenvalue weighted by molar-refractivity contribution is 0.0696. The van der Waals surface area contributed by atoms with Crippen LogP contribution in [-0.2, 0) is 0 Å². The maximum atomic E-state index is 12.7. The van der Waals surface area contributed by atoms with Gasteiger partial charge in [-0.1, -0.05) is 41.9 Å². The summed E-state index contributed by atoms with van der Waals surface area (Å²) in [6.45, 7) is 0. The number of benzene rings is 3. The summed E-state index contributed by atoms with van der Waals surface area (Å²) in [5.41, 5.74) is 1.20. The molecular weight excluding hydrogens is 380 g/mol. The second-order valence-electron chi connectivity index (χ2n) is 5.82. The van der Waals surface area contributed by atoms with E-state index in [2.05, 4.69) is 10.6 Å². The Bertz CT molecular complexity index is 1070. The largest absolute Gasteiger partial charge is 0.478 e. The van der Waals surface area contributed by atoms with Gasteiger partial charge in [-0.2, -0.15) is 0 Å². The molecule has 0 aromatic heterocycles. The van der Waals surface area contributed by atoms with E-state index >= 15 is 0 Å². The maximum absolute atomic E-state index is 12.7. The molecule has 0 aliphatic rings. The molecule has 7 heteroatoms. The van der Waals surface area contributed by atoms with Crippen LogP contribution in [0.25, 0.3) is 0 Å². The number of hydrogen-bond donors (Lipinski definition) is 3. The van der Waals surface area contributed by atoms with Gasteiger partial charge in [0.1, 0.15) is 0 Å². The Balaban J connectivity index is 1.83. The molecule has 2 amide bonds. The topological polar surface area (TPSA) is 95.5 Å². The van der Waals surface area contributed by atoms with Crippen LogP contribution in [0.3, 0.4) is 0 Å². The van der Waals surface area contributed by atoms with Gasteiger partial charge in [-0.15, -0.1) is 0 Å². The van der Waals surface area contributed by atoms with Crippen LogP contribution in [0.5, 0.6) is 0 Å². The second-order valence-corrected chi connectivity index (χ2v) is 6.23. The molecule has 0 unspecified atom stereocenters. The maximum Gasteiger partial charge on any atom is 0.335 e. The zero-order valence-electron chi connectivity index (χ0n) is 14.5. The summed E-state index contributed by atoms with van der Waals surface area (Å²) in [7, 11) is 0. The number of aromatic carboxylic acids is 1. The van der Waals surface area contributed by atoms with Crippen LogP contribution >= 0.6 is 11.6 Å². The number of carboxylic acids is 1. The average molecular weight is 395 g/mol. The first-order valence-corrected chi connectivity index (χ1v) is 8.63. The van der Waals surface area contributed by atoms with E-state index in [-0.39, 0.29) is 16.7 Å². The van der Waals surface area contributed by atoms with Gasteiger partial charge < -0.3 is 15.7 Å². The minimum atomic E-state index is -1.09. The highest BCUT2D eigenvalue weighted by Crippen LogP contribution is 2.21. The Labute approximate surface area is 165 Å². The third-order valence-electron chi connectivity index (χ3n) is 3.91. The molecule has 0 saturated heterocycles. The van der Waals surface area contributed by atoms with Crippen LogP contribution in [0.15, 0.2) is 72.8 Å². The predicted octanol–water partition coefficient (Wildman–Crippen LogP) is 4.54. The Morgan fingerprint density at radius 3 is 2.11 bits per heavy atom. The van der Waals surface area contributed by atoms with Crippen LogP contribution in [0.2, 0.25) is 5.02 Å². The van der Waals surface area contributed by atoms with E-state index in [1.54, 1.807) is 54.6 Å². The first kappa shape index (κ1) is 19.1. The van der Waals surface area contributed by atoms with E-state index in [1.807, 2.05) is 0 Å². The van der Waals surface area contributed by atoms with Crippen LogP contribution in [0.4, 0.5) is 11.4 Å². The molecule has 3 rings (SSSR count). The number of carbonyl (C=O) groups excluding carboxylic acids is 2. The predicted molar refractivity (Wildman–Crippen MR) is 107 cm³/mol. The first-order valence-electron chi connectivity index (χ1n) is 8.25. The molecule has 3 N–H and O–H groups in total. The summed E-state index contributed by atoms with van der Waals surface area (Å²) >= 11 is 6.05. The highest BCUT2D eigenvalue weighted by atomic mass is 35.5. The number of rotatable bonds is 5. The standard InChI is InChI=1S/C21H15ClN2O4/c22-17-10-3-1-8-15(17)19(25)24-18-11-4-2-9-16(18)20(26)23-14-7-5-6-13(12-14)21(27)28/h1-12H,(H,23,26)(H,24,25)(H,27,28). The smallest absolute Gasteiger partial charge is 0.335 e. The molecule has 0 aliphatic heterocycles. The normalized spacial score (nSPS) is 10.2. The number of nitrogens with one attached hydrogen (secondary N) is 2. The van der Waals surface area contributed by atoms with E-state index in [1.165, 1.54) is 18.2 Å². The second kappa shape index (κ2) is 8.37. The van der Waals surface area contributed by atoms with E-state index < -0.39 is 17.8 Å². The number of hydrogen-bond acceptors (Lipinski definition) is 3. The molecule has 3 aromatic carbocycles. The Hall–Kier alpha value is -3.64. The Morgan fingerprint density at radius 2 is 1.39 bits per heavy atom. The van der Waals surface area contributed by atoms with Gasteiger partial charge >= 0.3 is 5.97 Å². The minimum Gasteiger partial charge on any atom is -0.478 e. The third-order valence-corrected chi connectivity index (χ3v) is 4.24. The molecule has 3 aromatic rings. The lowest BCUT2D eigenvalue weighted by atomic mass is 10.1. The SMILES string of the molecule is O=C(O)c1cccc(NC(=O)c2ccccc2NC(=O)c2ccccc2Cl)c1. The zero-order chi connectivity index (χ0) is 20.1. The van der Waals surface area contributed by atoms with Gasteiger partial charge in [0.25, 0.3) is 11.8 Å². The summed E-state index contributed by atoms with van der Waals surface area (Å²) in [4.78, 5) is 36.2. The highest BCUT2D eigenvalue weighted by molar-refractivity contribution is 6.34. The lowest BCUT2D eigenvalue weighted by Gasteiger charge is -2.12. The molecular formula is C21H15ClN2O4. The third kappa shape index (κ3) is 4.36. The molecule has 6 nitrogen and oxygen atoms in total. The van der Waals surface area contributed by atoms with Crippen molar-refractivity contribution in [3.05, 3.63) is 94.5 Å². The van der Waals surface area contributed by atoms with E-state index in [4.69, 9.17) is 16.7 Å². The summed E-state index contributed by atoms with van der Waals surface area (Å²) in [5.74, 6) is -2.03. The van der Waals surface area contributed by atoms with Crippen molar-refractivity contribution in [3.63, 3.8) is 0 Å². The van der Waals surface area contributed by atoms with Gasteiger partial charge in [0, 0.05) is 5.69 Å². The van der Waals surface area contributed by atoms with Crippen molar-refractivity contribution in [2.45, 2.75) is 0 Å². The van der Waals surface area contributed by atoms with Gasteiger partial charge in [0.2, 0.25) is 0 Å². The molecule has 0 radical (unpaired) electrons. The molecule has 140 valence electrons. The first-order chi connectivity index (χ1) is 13.5. The van der Waals surface area contributed by atoms with E-state index in [0.717, 1.165) is 0 Å². The lowest BCUT2D eigenvalue weighted by Crippen LogP contribution is -2.18. The van der Waals surface area contributed by atoms with Crippen LogP contribution in [0.1, 0.15) is 31.1 Å². The van der Waals surface area contributed by atoms with Crippen molar-refractivity contribution < 1.29 is 19.5 Å². The van der Waals surface area contributed by atoms with Crippen molar-refractivity contribution >= 4 is 40.8 Å². The van der Waals surface area contributed by atoms with E-state index in [9.17, 15) is 14.4 Å². The van der Waals surface area contributed by atoms with Crippen molar-refractivity contribution in [3.8, 4) is 0 Å². The molecule has 0 aliphatic carbocycles. The summed E-state index contributed by atoms with van der Waals surface area (Å²) in [6.07, 6.45) is 0. The zero-order valence-corrected chi connectivity index (χ0v) is 15.2. The fourth-order valence-corrected chi connectivity index (χ4v) is 2.78. The van der Waals surface area contributed by atoms with Crippen LogP contribution in [-0.4, -0.2) is 22.9 Å². The number of amides is 2. The van der Waals surface area contributed by atoms with Crippen molar-refractivity contribution in [2.75, 3.05) is 10.6 Å². The number of halogens is 1. The molecule has 0 fully saturated rings. The number of anilines is 2. The summed E-state index contributed by atoms with van der Waals surface area (Å²) < 4.78 is 0. The highest BCUT2D eigenvalue weighted by Gasteiger charge is 2.16. The molecule has 0 bridgehead atoms. The van der Waals surface area contributed by atoms with Gasteiger partial charge in [-0.25, -0.2) is 4.79 Å². The summed E-state index contributed by atoms with van der Waals surface area (Å²) in [6, 6.07) is 19.0. The van der Waals surface area contributed by atoms with Gasteiger partial charge in [0.05, 0.1) is 27.4 Å². The van der Waals surface area contributed by atoms with Crippen molar-refractivity contribution in [1.29, 1.82) is 0 Å². The number of carboxylic acid groups (broad SMARTS) is 1. The quantitative estimate of drug-likeness (QED) is 0.591. The monoisotopic (exact) mass is 394 g/mol. The van der Waals surface area contributed by atoms with Gasteiger partial charge in [-0.05, 0) is 42.5 Å². The molecule has 0 saturated carbocycles. The Kier molecular flexibility index (Phi) is 5.72. The van der Waals surface area contributed by atoms with Crippen LogP contribution in [0, 0.1) is 0 Å². The van der Waals surface area contributed by atoms with Crippen molar-refractivity contribution in [2.24, 2.45) is 0 Å². The average Bonchev–Trinajstić information content (AvgIpc) is 2.68. The molecule has 28 heavy (non-hydrogen) atoms. The van der Waals surface area contributed by atoms with Crippen molar-refractivity contribution in [1.82, 2.24) is 0 Å². The molecule has 0 atom stereocenters. The van der Waals surface area contributed by atoms with Gasteiger partial charge in [0.15, 0.2) is 0 Å². The van der Waals surface area contributed by atoms with Crippen LogP contribution < -0.4 is 10.6 Å². The number of carbonyl (C=O) groups is 3. The number of para-hydroxylation sites is 1. The molecule has 0 heterocycles. The van der Waals surface area contributed by atoms with E-state index in [0.29, 0.717) is 16.4 Å². The fourth-order valence-electron chi connectivity index (χ4n) is 2.55.